The van der Waals surface area contributed by atoms with E-state index in [1.807, 2.05) is 0 Å². The van der Waals surface area contributed by atoms with Gasteiger partial charge in [-0.15, -0.1) is 0 Å². The van der Waals surface area contributed by atoms with E-state index in [9.17, 15) is 49.2 Å². The van der Waals surface area contributed by atoms with E-state index < -0.39 is 90.6 Å². The first kappa shape index (κ1) is 41.2. The normalized spacial score (nSPS) is 16.2. The first-order valence-electron chi connectivity index (χ1n) is 15.0. The fourth-order valence-electron chi connectivity index (χ4n) is 4.21. The Morgan fingerprint density at radius 2 is 1.23 bits per heavy atom. The third-order valence-corrected chi connectivity index (χ3v) is 7.34. The maximum absolute atomic E-state index is 13.5. The van der Waals surface area contributed by atoms with Gasteiger partial charge in [-0.25, -0.2) is 4.79 Å². The Labute approximate surface area is 278 Å². The summed E-state index contributed by atoms with van der Waals surface area (Å²) in [4.78, 5) is 76.5. The number of rotatable bonds is 21. The molecule has 0 saturated carbocycles. The quantitative estimate of drug-likeness (QED) is 0.0434. The van der Waals surface area contributed by atoms with Gasteiger partial charge < -0.3 is 58.5 Å². The lowest BCUT2D eigenvalue weighted by Crippen LogP contribution is -2.63. The number of thiol groups is 1. The molecule has 264 valence electrons. The molecule has 13 N–H and O–H groups in total. The first-order valence-corrected chi connectivity index (χ1v) is 15.6. The molecule has 5 amide bonds. The zero-order valence-electron chi connectivity index (χ0n) is 26.3. The molecular weight excluding hydrogens is 638 g/mol. The minimum absolute atomic E-state index is 0.0539. The Morgan fingerprint density at radius 3 is 1.68 bits per heavy atom. The van der Waals surface area contributed by atoms with Gasteiger partial charge in [-0.05, 0) is 45.2 Å². The molecule has 47 heavy (non-hydrogen) atoms. The van der Waals surface area contributed by atoms with Crippen molar-refractivity contribution in [1.29, 1.82) is 0 Å². The van der Waals surface area contributed by atoms with Crippen LogP contribution in [-0.4, -0.2) is 123 Å². The zero-order chi connectivity index (χ0) is 35.7. The SMILES string of the molecule is CC(O)C(NC(=O)C(Cc1ccccc1)NC(=O)C(NC(=O)C(CO)NC(=O)C(N)CS)C(C)O)C(=O)NC(CCCCN)C(=O)O. The summed E-state index contributed by atoms with van der Waals surface area (Å²) in [5.41, 5.74) is 11.6. The molecule has 0 fully saturated rings. The minimum atomic E-state index is -1.68. The van der Waals surface area contributed by atoms with Gasteiger partial charge in [0.05, 0.1) is 24.9 Å². The van der Waals surface area contributed by atoms with Crippen LogP contribution in [0.25, 0.3) is 0 Å². The summed E-state index contributed by atoms with van der Waals surface area (Å²) in [5.74, 6) is -6.18. The molecular formula is C29H47N7O10S. The summed E-state index contributed by atoms with van der Waals surface area (Å²) in [5, 5.41) is 51.4. The van der Waals surface area contributed by atoms with E-state index in [4.69, 9.17) is 11.5 Å². The van der Waals surface area contributed by atoms with Crippen LogP contribution in [0.1, 0.15) is 38.7 Å². The molecule has 0 aromatic heterocycles. The van der Waals surface area contributed by atoms with Crippen LogP contribution in [0, 0.1) is 0 Å². The third-order valence-electron chi connectivity index (χ3n) is 6.95. The maximum atomic E-state index is 13.5. The van der Waals surface area contributed by atoms with E-state index in [-0.39, 0.29) is 18.6 Å². The van der Waals surface area contributed by atoms with Crippen molar-refractivity contribution in [3.8, 4) is 0 Å². The maximum Gasteiger partial charge on any atom is 0.326 e. The number of nitrogens with one attached hydrogen (secondary N) is 5. The summed E-state index contributed by atoms with van der Waals surface area (Å²) >= 11 is 3.90. The fourth-order valence-corrected chi connectivity index (χ4v) is 4.37. The summed E-state index contributed by atoms with van der Waals surface area (Å²) in [6.45, 7) is 1.84. The molecule has 8 unspecified atom stereocenters. The molecule has 8 atom stereocenters. The van der Waals surface area contributed by atoms with E-state index in [2.05, 4.69) is 39.2 Å². The van der Waals surface area contributed by atoms with E-state index in [0.717, 1.165) is 0 Å². The Bertz CT molecular complexity index is 1190. The molecule has 0 radical (unpaired) electrons. The number of carboxylic acid groups (broad SMARTS) is 1. The number of nitrogens with two attached hydrogens (primary N) is 2. The number of benzene rings is 1. The number of aliphatic hydroxyl groups is 3. The molecule has 17 nitrogen and oxygen atoms in total. The van der Waals surface area contributed by atoms with E-state index >= 15 is 0 Å². The number of aliphatic carboxylic acids is 1. The highest BCUT2D eigenvalue weighted by Gasteiger charge is 2.35. The largest absolute Gasteiger partial charge is 0.480 e. The number of carbonyl (C=O) groups is 6. The smallest absolute Gasteiger partial charge is 0.326 e. The summed E-state index contributed by atoms with van der Waals surface area (Å²) in [6, 6.07) is -0.305. The molecule has 1 aromatic rings. The van der Waals surface area contributed by atoms with Gasteiger partial charge in [0.1, 0.15) is 30.2 Å². The van der Waals surface area contributed by atoms with Gasteiger partial charge >= 0.3 is 5.97 Å². The Morgan fingerprint density at radius 1 is 0.745 bits per heavy atom. The number of carboxylic acids is 1. The number of aliphatic hydroxyl groups excluding tert-OH is 3. The van der Waals surface area contributed by atoms with Gasteiger partial charge in [-0.3, -0.25) is 24.0 Å². The summed E-state index contributed by atoms with van der Waals surface area (Å²) in [6.07, 6.45) is -2.18. The molecule has 0 aliphatic rings. The summed E-state index contributed by atoms with van der Waals surface area (Å²) in [7, 11) is 0. The molecule has 0 aliphatic heterocycles. The molecule has 1 rings (SSSR count). The van der Waals surface area contributed by atoms with Crippen molar-refractivity contribution in [1.82, 2.24) is 26.6 Å². The zero-order valence-corrected chi connectivity index (χ0v) is 27.2. The Hall–Kier alpha value is -3.81. The number of hydrogen-bond donors (Lipinski definition) is 12. The molecule has 0 saturated heterocycles. The molecule has 0 heterocycles. The predicted molar refractivity (Wildman–Crippen MR) is 173 cm³/mol. The highest BCUT2D eigenvalue weighted by molar-refractivity contribution is 7.80. The van der Waals surface area contributed by atoms with Crippen LogP contribution in [-0.2, 0) is 35.2 Å². The van der Waals surface area contributed by atoms with Crippen LogP contribution >= 0.6 is 12.6 Å². The van der Waals surface area contributed by atoms with Gasteiger partial charge in [0.15, 0.2) is 0 Å². The lowest BCUT2D eigenvalue weighted by molar-refractivity contribution is -0.143. The lowest BCUT2D eigenvalue weighted by atomic mass is 10.0. The third kappa shape index (κ3) is 14.2. The highest BCUT2D eigenvalue weighted by Crippen LogP contribution is 2.08. The van der Waals surface area contributed by atoms with Crippen molar-refractivity contribution in [2.75, 3.05) is 18.9 Å². The second kappa shape index (κ2) is 21.1. The number of hydrogen-bond acceptors (Lipinski definition) is 12. The molecule has 0 spiro atoms. The minimum Gasteiger partial charge on any atom is -0.480 e. The van der Waals surface area contributed by atoms with Crippen LogP contribution < -0.4 is 38.1 Å². The van der Waals surface area contributed by atoms with Crippen molar-refractivity contribution in [2.24, 2.45) is 11.5 Å². The second-order valence-electron chi connectivity index (χ2n) is 10.9. The topological polar surface area (TPSA) is 296 Å². The van der Waals surface area contributed by atoms with Gasteiger partial charge in [0.2, 0.25) is 29.5 Å². The average molecular weight is 686 g/mol. The monoisotopic (exact) mass is 685 g/mol. The van der Waals surface area contributed by atoms with Gasteiger partial charge in [0, 0.05) is 12.2 Å². The van der Waals surface area contributed by atoms with E-state index in [1.165, 1.54) is 13.8 Å². The molecule has 0 bridgehead atoms. The average Bonchev–Trinajstić information content (AvgIpc) is 3.03. The van der Waals surface area contributed by atoms with E-state index in [1.54, 1.807) is 30.3 Å². The highest BCUT2D eigenvalue weighted by atomic mass is 32.1. The summed E-state index contributed by atoms with van der Waals surface area (Å²) < 4.78 is 0. The molecule has 18 heteroatoms. The van der Waals surface area contributed by atoms with Crippen LogP contribution in [0.3, 0.4) is 0 Å². The van der Waals surface area contributed by atoms with Crippen LogP contribution in [0.5, 0.6) is 0 Å². The van der Waals surface area contributed by atoms with Crippen molar-refractivity contribution in [3.63, 3.8) is 0 Å². The van der Waals surface area contributed by atoms with Crippen LogP contribution in [0.4, 0.5) is 0 Å². The van der Waals surface area contributed by atoms with Crippen LogP contribution in [0.2, 0.25) is 0 Å². The molecule has 0 aliphatic carbocycles. The van der Waals surface area contributed by atoms with Crippen LogP contribution in [0.15, 0.2) is 30.3 Å². The van der Waals surface area contributed by atoms with Crippen molar-refractivity contribution in [3.05, 3.63) is 35.9 Å². The van der Waals surface area contributed by atoms with Crippen molar-refractivity contribution >= 4 is 48.1 Å². The number of unbranched alkanes of at least 4 members (excludes halogenated alkanes) is 1. The Balaban J connectivity index is 3.22. The fraction of sp³-hybridized carbons (Fsp3) is 0.586. The molecule has 1 aromatic carbocycles. The second-order valence-corrected chi connectivity index (χ2v) is 11.3. The first-order chi connectivity index (χ1) is 22.2. The van der Waals surface area contributed by atoms with Gasteiger partial charge in [0.25, 0.3) is 0 Å². The number of carbonyl (C=O) groups excluding carboxylic acids is 5. The van der Waals surface area contributed by atoms with Gasteiger partial charge in [-0.2, -0.15) is 12.6 Å². The van der Waals surface area contributed by atoms with Crippen molar-refractivity contribution < 1.29 is 49.2 Å². The lowest BCUT2D eigenvalue weighted by Gasteiger charge is -2.28. The standard InChI is InChI=1S/C29H47N7O10S/c1-15(38)22(27(43)32-19(29(45)46)10-6-7-11-30)35-25(41)20(12-17-8-4-3-5-9-17)33-28(44)23(16(2)39)36-26(42)21(13-37)34-24(40)18(31)14-47/h3-5,8-9,15-16,18-23,37-39,47H,6-7,10-14,30-31H2,1-2H3,(H,32,43)(H,33,44)(H,34,40)(H,35,41)(H,36,42)(H,45,46). The predicted octanol–water partition coefficient (Wildman–Crippen LogP) is -4.12. The van der Waals surface area contributed by atoms with Crippen molar-refractivity contribution in [2.45, 2.75) is 88.0 Å². The van der Waals surface area contributed by atoms with Gasteiger partial charge in [-0.1, -0.05) is 30.3 Å². The van der Waals surface area contributed by atoms with E-state index in [0.29, 0.717) is 24.9 Å². The Kier molecular flexibility index (Phi) is 18.5. The number of amides is 5.